The van der Waals surface area contributed by atoms with Crippen molar-refractivity contribution in [2.24, 2.45) is 0 Å². The molecule has 0 radical (unpaired) electrons. The fourth-order valence-electron chi connectivity index (χ4n) is 1.54. The predicted molar refractivity (Wildman–Crippen MR) is 72.7 cm³/mol. The van der Waals surface area contributed by atoms with Crippen molar-refractivity contribution in [3.63, 3.8) is 0 Å². The zero-order valence-corrected chi connectivity index (χ0v) is 10.8. The van der Waals surface area contributed by atoms with Crippen LogP contribution in [0.2, 0.25) is 5.15 Å². The van der Waals surface area contributed by atoms with Gasteiger partial charge in [0.25, 0.3) is 5.91 Å². The molecule has 0 aliphatic heterocycles. The van der Waals surface area contributed by atoms with E-state index in [4.69, 9.17) is 17.3 Å². The lowest BCUT2D eigenvalue weighted by molar-refractivity contribution is 0.102. The number of amides is 1. The van der Waals surface area contributed by atoms with E-state index in [0.717, 1.165) is 6.07 Å². The van der Waals surface area contributed by atoms with Crippen LogP contribution < -0.4 is 11.1 Å². The number of aryl methyl sites for hydroxylation is 1. The van der Waals surface area contributed by atoms with Gasteiger partial charge in [-0.2, -0.15) is 0 Å². The number of pyridine rings is 1. The summed E-state index contributed by atoms with van der Waals surface area (Å²) >= 11 is 5.73. The lowest BCUT2D eigenvalue weighted by Crippen LogP contribution is -2.13. The number of carbonyl (C=O) groups is 1. The second kappa shape index (κ2) is 5.24. The zero-order valence-electron chi connectivity index (χ0n) is 10.1. The molecule has 0 unspecified atom stereocenters. The van der Waals surface area contributed by atoms with Gasteiger partial charge in [-0.05, 0) is 37.3 Å². The number of halogens is 2. The third-order valence-corrected chi connectivity index (χ3v) is 2.77. The monoisotopic (exact) mass is 279 g/mol. The van der Waals surface area contributed by atoms with Crippen molar-refractivity contribution < 1.29 is 9.18 Å². The SMILES string of the molecule is Cc1nc(Cl)ccc1NC(=O)c1ccc(F)c(N)c1. The first-order chi connectivity index (χ1) is 8.97. The van der Waals surface area contributed by atoms with Crippen LogP contribution in [0.3, 0.4) is 0 Å². The molecule has 0 saturated heterocycles. The molecule has 19 heavy (non-hydrogen) atoms. The summed E-state index contributed by atoms with van der Waals surface area (Å²) in [4.78, 5) is 16.0. The maximum Gasteiger partial charge on any atom is 0.255 e. The van der Waals surface area contributed by atoms with Crippen molar-refractivity contribution >= 4 is 28.9 Å². The molecule has 1 aromatic carbocycles. The Labute approximate surface area is 114 Å². The molecule has 0 aliphatic carbocycles. The molecule has 3 N–H and O–H groups in total. The molecule has 1 aromatic heterocycles. The van der Waals surface area contributed by atoms with Gasteiger partial charge >= 0.3 is 0 Å². The topological polar surface area (TPSA) is 68.0 Å². The number of hydrogen-bond donors (Lipinski definition) is 2. The molecular formula is C13H11ClFN3O. The average molecular weight is 280 g/mol. The zero-order chi connectivity index (χ0) is 14.0. The number of benzene rings is 1. The van der Waals surface area contributed by atoms with Gasteiger partial charge in [-0.15, -0.1) is 0 Å². The van der Waals surface area contributed by atoms with Crippen LogP contribution in [0, 0.1) is 12.7 Å². The standard InChI is InChI=1S/C13H11ClFN3O/c1-7-11(4-5-12(14)17-7)18-13(19)8-2-3-9(15)10(16)6-8/h2-6H,16H2,1H3,(H,18,19). The van der Waals surface area contributed by atoms with Gasteiger partial charge < -0.3 is 11.1 Å². The highest BCUT2D eigenvalue weighted by molar-refractivity contribution is 6.29. The quantitative estimate of drug-likeness (QED) is 0.656. The van der Waals surface area contributed by atoms with Crippen molar-refractivity contribution in [2.75, 3.05) is 11.1 Å². The molecule has 0 aliphatic rings. The van der Waals surface area contributed by atoms with Crippen molar-refractivity contribution in [1.29, 1.82) is 0 Å². The number of rotatable bonds is 2. The van der Waals surface area contributed by atoms with E-state index in [1.807, 2.05) is 0 Å². The van der Waals surface area contributed by atoms with Gasteiger partial charge in [0.2, 0.25) is 0 Å². The lowest BCUT2D eigenvalue weighted by atomic mass is 10.1. The fraction of sp³-hybridized carbons (Fsp3) is 0.0769. The second-order valence-electron chi connectivity index (χ2n) is 3.96. The molecule has 1 heterocycles. The molecular weight excluding hydrogens is 269 g/mol. The molecule has 2 rings (SSSR count). The van der Waals surface area contributed by atoms with Crippen molar-refractivity contribution in [3.8, 4) is 0 Å². The molecule has 0 bridgehead atoms. The smallest absolute Gasteiger partial charge is 0.255 e. The maximum atomic E-state index is 13.0. The van der Waals surface area contributed by atoms with Gasteiger partial charge in [0.05, 0.1) is 17.1 Å². The van der Waals surface area contributed by atoms with E-state index in [1.165, 1.54) is 12.1 Å². The van der Waals surface area contributed by atoms with Crippen LogP contribution in [0.4, 0.5) is 15.8 Å². The molecule has 2 aromatic rings. The normalized spacial score (nSPS) is 10.3. The van der Waals surface area contributed by atoms with E-state index in [-0.39, 0.29) is 17.2 Å². The van der Waals surface area contributed by atoms with Crippen LogP contribution in [-0.2, 0) is 0 Å². The van der Waals surface area contributed by atoms with Crippen molar-refractivity contribution in [3.05, 3.63) is 52.6 Å². The molecule has 6 heteroatoms. The van der Waals surface area contributed by atoms with E-state index >= 15 is 0 Å². The van der Waals surface area contributed by atoms with Crippen LogP contribution in [-0.4, -0.2) is 10.9 Å². The number of aromatic nitrogens is 1. The summed E-state index contributed by atoms with van der Waals surface area (Å²) in [6.07, 6.45) is 0. The summed E-state index contributed by atoms with van der Waals surface area (Å²) < 4.78 is 13.0. The van der Waals surface area contributed by atoms with E-state index in [2.05, 4.69) is 10.3 Å². The minimum Gasteiger partial charge on any atom is -0.396 e. The molecule has 0 saturated carbocycles. The molecule has 0 fully saturated rings. The van der Waals surface area contributed by atoms with E-state index < -0.39 is 5.82 Å². The molecule has 1 amide bonds. The van der Waals surface area contributed by atoms with Gasteiger partial charge in [-0.25, -0.2) is 9.37 Å². The van der Waals surface area contributed by atoms with Crippen LogP contribution in [0.15, 0.2) is 30.3 Å². The van der Waals surface area contributed by atoms with Gasteiger partial charge in [0.1, 0.15) is 11.0 Å². The summed E-state index contributed by atoms with van der Waals surface area (Å²) in [7, 11) is 0. The van der Waals surface area contributed by atoms with E-state index in [1.54, 1.807) is 19.1 Å². The van der Waals surface area contributed by atoms with Gasteiger partial charge in [0.15, 0.2) is 0 Å². The van der Waals surface area contributed by atoms with Crippen LogP contribution in [0.25, 0.3) is 0 Å². The highest BCUT2D eigenvalue weighted by Gasteiger charge is 2.10. The first kappa shape index (κ1) is 13.3. The largest absolute Gasteiger partial charge is 0.396 e. The Kier molecular flexibility index (Phi) is 3.66. The lowest BCUT2D eigenvalue weighted by Gasteiger charge is -2.08. The third kappa shape index (κ3) is 3.00. The highest BCUT2D eigenvalue weighted by atomic mass is 35.5. The van der Waals surface area contributed by atoms with Gasteiger partial charge in [-0.3, -0.25) is 4.79 Å². The van der Waals surface area contributed by atoms with Crippen molar-refractivity contribution in [1.82, 2.24) is 4.98 Å². The first-order valence-electron chi connectivity index (χ1n) is 5.47. The summed E-state index contributed by atoms with van der Waals surface area (Å²) in [5, 5.41) is 3.01. The third-order valence-electron chi connectivity index (χ3n) is 2.56. The Hall–Kier alpha value is -2.14. The second-order valence-corrected chi connectivity index (χ2v) is 4.34. The van der Waals surface area contributed by atoms with Gasteiger partial charge in [0, 0.05) is 5.56 Å². The van der Waals surface area contributed by atoms with Crippen LogP contribution >= 0.6 is 11.6 Å². The average Bonchev–Trinajstić information content (AvgIpc) is 2.36. The minimum absolute atomic E-state index is 0.0707. The number of hydrogen-bond acceptors (Lipinski definition) is 3. The summed E-state index contributed by atoms with van der Waals surface area (Å²) in [6, 6.07) is 7.01. The number of anilines is 2. The number of nitrogens with one attached hydrogen (secondary N) is 1. The number of nitrogens with two attached hydrogens (primary N) is 1. The Morgan fingerprint density at radius 1 is 1.37 bits per heavy atom. The summed E-state index contributed by atoms with van der Waals surface area (Å²) in [6.45, 7) is 1.72. The van der Waals surface area contributed by atoms with E-state index in [9.17, 15) is 9.18 Å². The Bertz CT molecular complexity index is 646. The molecule has 0 spiro atoms. The first-order valence-corrected chi connectivity index (χ1v) is 5.84. The predicted octanol–water partition coefficient (Wildman–Crippen LogP) is 3.02. The Morgan fingerprint density at radius 3 is 2.74 bits per heavy atom. The molecule has 4 nitrogen and oxygen atoms in total. The highest BCUT2D eigenvalue weighted by Crippen LogP contribution is 2.18. The number of carbonyl (C=O) groups excluding carboxylic acids is 1. The summed E-state index contributed by atoms with van der Waals surface area (Å²) in [5.74, 6) is -0.945. The molecule has 0 atom stereocenters. The van der Waals surface area contributed by atoms with Gasteiger partial charge in [-0.1, -0.05) is 11.6 Å². The van der Waals surface area contributed by atoms with Crippen LogP contribution in [0.5, 0.6) is 0 Å². The van der Waals surface area contributed by atoms with Crippen LogP contribution in [0.1, 0.15) is 16.1 Å². The number of nitrogens with zero attached hydrogens (tertiary/aromatic N) is 1. The maximum absolute atomic E-state index is 13.0. The Balaban J connectivity index is 2.23. The van der Waals surface area contributed by atoms with Crippen molar-refractivity contribution in [2.45, 2.75) is 6.92 Å². The molecule has 98 valence electrons. The summed E-state index contributed by atoms with van der Waals surface area (Å²) in [5.41, 5.74) is 6.75. The fourth-order valence-corrected chi connectivity index (χ4v) is 1.73. The number of nitrogen functional groups attached to an aromatic ring is 1. The Morgan fingerprint density at radius 2 is 2.11 bits per heavy atom. The van der Waals surface area contributed by atoms with E-state index in [0.29, 0.717) is 16.5 Å². The minimum atomic E-state index is -0.555.